The summed E-state index contributed by atoms with van der Waals surface area (Å²) in [5.74, 6) is -4.12. The van der Waals surface area contributed by atoms with Crippen LogP contribution in [0.15, 0.2) is 41.6 Å². The molecule has 0 aliphatic rings. The highest BCUT2D eigenvalue weighted by Gasteiger charge is 2.18. The Kier molecular flexibility index (Phi) is 6.46. The van der Waals surface area contributed by atoms with Gasteiger partial charge in [0, 0.05) is 11.9 Å². The molecule has 0 radical (unpaired) electrons. The number of hydrogen-bond donors (Lipinski definition) is 1. The number of nitrogens with zero attached hydrogens (tertiary/aromatic N) is 1. The average Bonchev–Trinajstić information content (AvgIpc) is 2.55. The number of anilines is 1. The first-order chi connectivity index (χ1) is 11.9. The molecule has 0 atom stereocenters. The Hall–Kier alpha value is -2.48. The SMILES string of the molecule is Cc1ccc(NC(=O)COC(=O)c2cccnc2SC(F)F)c(C)c1. The molecule has 0 aliphatic carbocycles. The number of thioether (sulfide) groups is 1. The van der Waals surface area contributed by atoms with E-state index in [1.807, 2.05) is 26.0 Å². The summed E-state index contributed by atoms with van der Waals surface area (Å²) >= 11 is 0.148. The van der Waals surface area contributed by atoms with E-state index in [0.717, 1.165) is 11.1 Å². The van der Waals surface area contributed by atoms with Crippen LogP contribution in [0, 0.1) is 13.8 Å². The highest BCUT2D eigenvalue weighted by Crippen LogP contribution is 2.26. The number of hydrogen-bond acceptors (Lipinski definition) is 5. The Bertz CT molecular complexity index is 784. The van der Waals surface area contributed by atoms with Gasteiger partial charge in [-0.2, -0.15) is 8.78 Å². The van der Waals surface area contributed by atoms with Crippen LogP contribution in [0.25, 0.3) is 0 Å². The highest BCUT2D eigenvalue weighted by atomic mass is 32.2. The standard InChI is InChI=1S/C17H16F2N2O3S/c1-10-5-6-13(11(2)8-10)21-14(22)9-24-16(23)12-4-3-7-20-15(12)25-17(18)19/h3-8,17H,9H2,1-2H3,(H,21,22). The number of benzene rings is 1. The van der Waals surface area contributed by atoms with Crippen LogP contribution in [-0.4, -0.2) is 29.2 Å². The number of alkyl halides is 2. The lowest BCUT2D eigenvalue weighted by Gasteiger charge is -2.10. The van der Waals surface area contributed by atoms with Crippen LogP contribution in [0.1, 0.15) is 21.5 Å². The van der Waals surface area contributed by atoms with Crippen molar-refractivity contribution >= 4 is 29.3 Å². The molecule has 2 rings (SSSR count). The average molecular weight is 366 g/mol. The lowest BCUT2D eigenvalue weighted by atomic mass is 10.1. The quantitative estimate of drug-likeness (QED) is 0.622. The van der Waals surface area contributed by atoms with Crippen molar-refractivity contribution in [1.82, 2.24) is 4.98 Å². The lowest BCUT2D eigenvalue weighted by Crippen LogP contribution is -2.21. The van der Waals surface area contributed by atoms with Crippen LogP contribution in [-0.2, 0) is 9.53 Å². The Morgan fingerprint density at radius 1 is 1.28 bits per heavy atom. The van der Waals surface area contributed by atoms with E-state index in [1.54, 1.807) is 6.07 Å². The van der Waals surface area contributed by atoms with Gasteiger partial charge in [0.05, 0.1) is 5.56 Å². The van der Waals surface area contributed by atoms with E-state index in [2.05, 4.69) is 10.3 Å². The molecule has 1 N–H and O–H groups in total. The molecule has 0 bridgehead atoms. The van der Waals surface area contributed by atoms with Gasteiger partial charge >= 0.3 is 5.97 Å². The number of nitrogens with one attached hydrogen (secondary N) is 1. The second-order valence-electron chi connectivity index (χ2n) is 5.18. The van der Waals surface area contributed by atoms with Crippen molar-refractivity contribution in [2.45, 2.75) is 24.6 Å². The number of rotatable bonds is 6. The fraction of sp³-hybridized carbons (Fsp3) is 0.235. The zero-order valence-corrected chi connectivity index (χ0v) is 14.4. The number of halogens is 2. The largest absolute Gasteiger partial charge is 0.452 e. The molecule has 8 heteroatoms. The second kappa shape index (κ2) is 8.57. The van der Waals surface area contributed by atoms with Gasteiger partial charge in [-0.15, -0.1) is 0 Å². The van der Waals surface area contributed by atoms with E-state index < -0.39 is 24.2 Å². The van der Waals surface area contributed by atoms with Crippen molar-refractivity contribution in [3.8, 4) is 0 Å². The van der Waals surface area contributed by atoms with Crippen molar-refractivity contribution in [3.63, 3.8) is 0 Å². The molecule has 0 saturated carbocycles. The van der Waals surface area contributed by atoms with Crippen LogP contribution >= 0.6 is 11.8 Å². The van der Waals surface area contributed by atoms with Gasteiger partial charge in [0.1, 0.15) is 5.03 Å². The van der Waals surface area contributed by atoms with Crippen molar-refractivity contribution in [2.75, 3.05) is 11.9 Å². The van der Waals surface area contributed by atoms with Crippen LogP contribution < -0.4 is 5.32 Å². The first-order valence-electron chi connectivity index (χ1n) is 7.31. The minimum Gasteiger partial charge on any atom is -0.452 e. The summed E-state index contributed by atoms with van der Waals surface area (Å²) in [5, 5.41) is 2.49. The summed E-state index contributed by atoms with van der Waals surface area (Å²) in [4.78, 5) is 27.7. The summed E-state index contributed by atoms with van der Waals surface area (Å²) in [6.07, 6.45) is 1.30. The number of amides is 1. The van der Waals surface area contributed by atoms with Crippen LogP contribution in [0.5, 0.6) is 0 Å². The first-order valence-corrected chi connectivity index (χ1v) is 8.19. The van der Waals surface area contributed by atoms with E-state index in [9.17, 15) is 18.4 Å². The molecule has 0 aliphatic heterocycles. The number of ether oxygens (including phenoxy) is 1. The first kappa shape index (κ1) is 18.9. The molecule has 0 spiro atoms. The fourth-order valence-corrected chi connectivity index (χ4v) is 2.64. The molecular formula is C17H16F2N2O3S. The van der Waals surface area contributed by atoms with Gasteiger partial charge in [-0.25, -0.2) is 9.78 Å². The number of pyridine rings is 1. The molecule has 25 heavy (non-hydrogen) atoms. The monoisotopic (exact) mass is 366 g/mol. The molecule has 0 saturated heterocycles. The van der Waals surface area contributed by atoms with Gasteiger partial charge in [-0.05, 0) is 49.4 Å². The topological polar surface area (TPSA) is 68.3 Å². The van der Waals surface area contributed by atoms with E-state index in [1.165, 1.54) is 18.3 Å². The third-order valence-corrected chi connectivity index (χ3v) is 3.91. The predicted octanol–water partition coefficient (Wildman–Crippen LogP) is 3.81. The predicted molar refractivity (Wildman–Crippen MR) is 90.9 cm³/mol. The maximum atomic E-state index is 12.5. The normalized spacial score (nSPS) is 10.6. The van der Waals surface area contributed by atoms with Crippen molar-refractivity contribution < 1.29 is 23.1 Å². The van der Waals surface area contributed by atoms with Crippen LogP contribution in [0.2, 0.25) is 0 Å². The molecule has 2 aromatic rings. The summed E-state index contributed by atoms with van der Waals surface area (Å²) < 4.78 is 29.9. The second-order valence-corrected chi connectivity index (χ2v) is 6.16. The molecular weight excluding hydrogens is 350 g/mol. The van der Waals surface area contributed by atoms with E-state index >= 15 is 0 Å². The highest BCUT2D eigenvalue weighted by molar-refractivity contribution is 7.99. The molecule has 1 amide bonds. The van der Waals surface area contributed by atoms with Crippen molar-refractivity contribution in [1.29, 1.82) is 0 Å². The maximum absolute atomic E-state index is 12.5. The molecule has 1 aromatic carbocycles. The molecule has 5 nitrogen and oxygen atoms in total. The number of aromatic nitrogens is 1. The van der Waals surface area contributed by atoms with Gasteiger partial charge < -0.3 is 10.1 Å². The Morgan fingerprint density at radius 2 is 2.04 bits per heavy atom. The summed E-state index contributed by atoms with van der Waals surface area (Å²) in [7, 11) is 0. The smallest absolute Gasteiger partial charge is 0.341 e. The van der Waals surface area contributed by atoms with Gasteiger partial charge in [0.15, 0.2) is 6.61 Å². The molecule has 1 heterocycles. The van der Waals surface area contributed by atoms with Crippen LogP contribution in [0.3, 0.4) is 0 Å². The third kappa shape index (κ3) is 5.53. The molecule has 0 fully saturated rings. The zero-order chi connectivity index (χ0) is 18.4. The summed E-state index contributed by atoms with van der Waals surface area (Å²) in [5.41, 5.74) is 2.44. The molecule has 1 aromatic heterocycles. The lowest BCUT2D eigenvalue weighted by molar-refractivity contribution is -0.119. The molecule has 0 unspecified atom stereocenters. The van der Waals surface area contributed by atoms with Crippen molar-refractivity contribution in [3.05, 3.63) is 53.2 Å². The Morgan fingerprint density at radius 3 is 2.72 bits per heavy atom. The molecule has 132 valence electrons. The van der Waals surface area contributed by atoms with Gasteiger partial charge in [0.2, 0.25) is 0 Å². The number of carbonyl (C=O) groups is 2. The number of aryl methyl sites for hydroxylation is 2. The van der Waals surface area contributed by atoms with E-state index in [4.69, 9.17) is 4.74 Å². The van der Waals surface area contributed by atoms with Gasteiger partial charge in [-0.1, -0.05) is 17.7 Å². The Balaban J connectivity index is 1.97. The van der Waals surface area contributed by atoms with Crippen molar-refractivity contribution in [2.24, 2.45) is 0 Å². The van der Waals surface area contributed by atoms with Gasteiger partial charge in [-0.3, -0.25) is 4.79 Å². The Labute approximate surface area is 147 Å². The summed E-state index contributed by atoms with van der Waals surface area (Å²) in [6, 6.07) is 8.26. The van der Waals surface area contributed by atoms with Gasteiger partial charge in [0.25, 0.3) is 11.7 Å². The number of carbonyl (C=O) groups excluding carboxylic acids is 2. The minimum absolute atomic E-state index is 0.105. The summed E-state index contributed by atoms with van der Waals surface area (Å²) in [6.45, 7) is 3.25. The zero-order valence-electron chi connectivity index (χ0n) is 13.6. The maximum Gasteiger partial charge on any atom is 0.341 e. The van der Waals surface area contributed by atoms with E-state index in [-0.39, 0.29) is 22.4 Å². The van der Waals surface area contributed by atoms with Crippen LogP contribution in [0.4, 0.5) is 14.5 Å². The minimum atomic E-state index is -2.71. The third-order valence-electron chi connectivity index (χ3n) is 3.18. The van der Waals surface area contributed by atoms with E-state index in [0.29, 0.717) is 5.69 Å². The number of esters is 1. The fourth-order valence-electron chi connectivity index (χ4n) is 2.07.